The maximum atomic E-state index is 14.4. The zero-order valence-electron chi connectivity index (χ0n) is 17.4. The monoisotopic (exact) mass is 495 g/mol. The highest BCUT2D eigenvalue weighted by atomic mass is 35.5. The highest BCUT2D eigenvalue weighted by Crippen LogP contribution is 2.41. The lowest BCUT2D eigenvalue weighted by molar-refractivity contribution is -0.212. The maximum Gasteiger partial charge on any atom is 0.421 e. The number of nitrogens with zero attached hydrogens (tertiary/aromatic N) is 4. The van der Waals surface area contributed by atoms with Crippen molar-refractivity contribution in [3.63, 3.8) is 0 Å². The number of aromatic nitrogens is 4. The Kier molecular flexibility index (Phi) is 7.55. The molecule has 0 amide bonds. The van der Waals surface area contributed by atoms with E-state index >= 15 is 0 Å². The van der Waals surface area contributed by atoms with Gasteiger partial charge in [-0.2, -0.15) is 41.5 Å². The van der Waals surface area contributed by atoms with E-state index in [-0.39, 0.29) is 46.8 Å². The molecular weight excluding hydrogens is 477 g/mol. The molecule has 3 rings (SSSR count). The second-order valence-corrected chi connectivity index (χ2v) is 7.14. The van der Waals surface area contributed by atoms with Crippen molar-refractivity contribution in [1.29, 1.82) is 0 Å². The molecule has 2 heterocycles. The second kappa shape index (κ2) is 10.0. The second-order valence-electron chi connectivity index (χ2n) is 6.79. The minimum Gasteiger partial charge on any atom is -0.430 e. The molecule has 0 saturated carbocycles. The first-order valence-electron chi connectivity index (χ1n) is 9.49. The number of methoxy groups -OCH3 is 1. The van der Waals surface area contributed by atoms with Gasteiger partial charge >= 0.3 is 12.3 Å². The number of nitrogens with one attached hydrogen (secondary N) is 1. The van der Waals surface area contributed by atoms with E-state index in [9.17, 15) is 22.0 Å². The Labute approximate surface area is 189 Å². The van der Waals surface area contributed by atoms with Crippen LogP contribution in [-0.2, 0) is 9.47 Å². The number of fused-ring (bicyclic) bond motifs is 1. The summed E-state index contributed by atoms with van der Waals surface area (Å²) in [6, 6.07) is 3.44. The van der Waals surface area contributed by atoms with Crippen molar-refractivity contribution in [2.24, 2.45) is 0 Å². The summed E-state index contributed by atoms with van der Waals surface area (Å²) in [6.45, 7) is -0.165. The first-order valence-corrected chi connectivity index (χ1v) is 9.86. The lowest BCUT2D eigenvalue weighted by Crippen LogP contribution is -2.34. The summed E-state index contributed by atoms with van der Waals surface area (Å²) >= 11 is 6.26. The molecule has 8 nitrogen and oxygen atoms in total. The maximum absolute atomic E-state index is 14.4. The number of rotatable bonds is 10. The average molecular weight is 496 g/mol. The molecule has 1 aromatic carbocycles. The molecule has 14 heteroatoms. The van der Waals surface area contributed by atoms with Crippen LogP contribution in [0.25, 0.3) is 16.9 Å². The Hall–Kier alpha value is -2.77. The average Bonchev–Trinajstić information content (AvgIpc) is 3.19. The number of anilines is 1. The fraction of sp³-hybridized carbons (Fsp3) is 0.421. The van der Waals surface area contributed by atoms with Gasteiger partial charge in [0, 0.05) is 12.7 Å². The molecule has 180 valence electrons. The van der Waals surface area contributed by atoms with Crippen molar-refractivity contribution >= 4 is 23.2 Å². The van der Waals surface area contributed by atoms with Crippen LogP contribution in [-0.4, -0.2) is 64.8 Å². The fourth-order valence-corrected chi connectivity index (χ4v) is 3.03. The lowest BCUT2D eigenvalue weighted by atomic mass is 10.1. The van der Waals surface area contributed by atoms with Gasteiger partial charge in [0.15, 0.2) is 6.61 Å². The Morgan fingerprint density at radius 1 is 1.15 bits per heavy atom. The smallest absolute Gasteiger partial charge is 0.421 e. The number of hydrogen-bond donors (Lipinski definition) is 1. The van der Waals surface area contributed by atoms with Gasteiger partial charge in [-0.1, -0.05) is 29.8 Å². The summed E-state index contributed by atoms with van der Waals surface area (Å²) in [6.07, 6.45) is -7.31. The predicted molar refractivity (Wildman–Crippen MR) is 109 cm³/mol. The van der Waals surface area contributed by atoms with E-state index < -0.39 is 24.9 Å². The quantitative estimate of drug-likeness (QED) is 0.253. The number of alkyl halides is 5. The highest BCUT2D eigenvalue weighted by molar-refractivity contribution is 6.33. The molecular formula is C19H19ClF5N5O3. The molecule has 0 saturated heterocycles. The van der Waals surface area contributed by atoms with Crippen LogP contribution >= 0.6 is 11.6 Å². The van der Waals surface area contributed by atoms with E-state index in [1.165, 1.54) is 31.4 Å². The summed E-state index contributed by atoms with van der Waals surface area (Å²) in [4.78, 5) is 7.83. The van der Waals surface area contributed by atoms with Crippen LogP contribution in [0, 0.1) is 0 Å². The zero-order chi connectivity index (χ0) is 24.2. The summed E-state index contributed by atoms with van der Waals surface area (Å²) in [5, 5.41) is 5.87. The summed E-state index contributed by atoms with van der Waals surface area (Å²) in [5.41, 5.74) is -0.168. The minimum absolute atomic E-state index is 0.0409. The summed E-state index contributed by atoms with van der Waals surface area (Å²) in [7, 11) is 1.39. The van der Waals surface area contributed by atoms with Crippen LogP contribution < -0.4 is 10.1 Å². The fourth-order valence-electron chi connectivity index (χ4n) is 2.76. The molecule has 0 aliphatic rings. The first kappa shape index (κ1) is 24.9. The van der Waals surface area contributed by atoms with Gasteiger partial charge in [0.2, 0.25) is 0 Å². The third-order valence-corrected chi connectivity index (χ3v) is 4.62. The van der Waals surface area contributed by atoms with Crippen LogP contribution in [0.5, 0.6) is 5.75 Å². The van der Waals surface area contributed by atoms with Gasteiger partial charge in [-0.05, 0) is 13.0 Å². The molecule has 0 radical (unpaired) electrons. The molecule has 0 spiro atoms. The van der Waals surface area contributed by atoms with Crippen LogP contribution in [0.15, 0.2) is 30.6 Å². The van der Waals surface area contributed by atoms with Gasteiger partial charge in [-0.25, -0.2) is 0 Å². The Bertz CT molecular complexity index is 1100. The van der Waals surface area contributed by atoms with Crippen molar-refractivity contribution < 1.29 is 36.2 Å². The molecule has 0 aliphatic carbocycles. The van der Waals surface area contributed by atoms with Crippen molar-refractivity contribution in [2.45, 2.75) is 25.3 Å². The van der Waals surface area contributed by atoms with Gasteiger partial charge in [0.25, 0.3) is 5.78 Å². The van der Waals surface area contributed by atoms with Gasteiger partial charge in [0.05, 0.1) is 18.8 Å². The van der Waals surface area contributed by atoms with E-state index in [1.54, 1.807) is 0 Å². The van der Waals surface area contributed by atoms with Gasteiger partial charge in [0.1, 0.15) is 29.1 Å². The van der Waals surface area contributed by atoms with E-state index in [4.69, 9.17) is 25.8 Å². The van der Waals surface area contributed by atoms with Crippen molar-refractivity contribution in [1.82, 2.24) is 19.6 Å². The molecule has 1 unspecified atom stereocenters. The number of halogens is 6. The van der Waals surface area contributed by atoms with E-state index in [2.05, 4.69) is 20.4 Å². The summed E-state index contributed by atoms with van der Waals surface area (Å²) < 4.78 is 84.0. The minimum atomic E-state index is -4.62. The van der Waals surface area contributed by atoms with E-state index in [0.717, 1.165) is 17.8 Å². The number of hydrogen-bond acceptors (Lipinski definition) is 7. The third-order valence-electron chi connectivity index (χ3n) is 4.34. The summed E-state index contributed by atoms with van der Waals surface area (Å²) in [5.74, 6) is -0.692. The first-order chi connectivity index (χ1) is 15.5. The Morgan fingerprint density at radius 3 is 2.58 bits per heavy atom. The molecule has 1 N–H and O–H groups in total. The predicted octanol–water partition coefficient (Wildman–Crippen LogP) is 4.44. The normalized spacial score (nSPS) is 13.3. The standard InChI is InChI=1S/C19H19ClF5N5O3/c1-11(19(23,24)25)28-16-14(15(20)29-17-26-10-27-30(16)17)12-5-3-4-6-13(12)33-18(21,22)9-32-8-7-31-2/h3-6,10-11,28H,7-9H2,1-2H3. The highest BCUT2D eigenvalue weighted by Gasteiger charge is 2.38. The number of para-hydroxylation sites is 1. The SMILES string of the molecule is COCCOCC(F)(F)Oc1ccccc1-c1c(Cl)nc2ncnn2c1NC(C)C(F)(F)F. The molecule has 0 fully saturated rings. The largest absolute Gasteiger partial charge is 0.430 e. The lowest BCUT2D eigenvalue weighted by Gasteiger charge is -2.23. The van der Waals surface area contributed by atoms with Gasteiger partial charge in [-0.15, -0.1) is 0 Å². The third kappa shape index (κ3) is 5.97. The molecule has 0 bridgehead atoms. The van der Waals surface area contributed by atoms with E-state index in [0.29, 0.717) is 0 Å². The topological polar surface area (TPSA) is 82.8 Å². The van der Waals surface area contributed by atoms with E-state index in [1.807, 2.05) is 0 Å². The number of ether oxygens (including phenoxy) is 3. The Morgan fingerprint density at radius 2 is 1.88 bits per heavy atom. The molecule has 3 aromatic rings. The van der Waals surface area contributed by atoms with Crippen LogP contribution in [0.1, 0.15) is 6.92 Å². The zero-order valence-corrected chi connectivity index (χ0v) is 18.1. The van der Waals surface area contributed by atoms with Crippen molar-refractivity contribution in [2.75, 3.05) is 32.2 Å². The van der Waals surface area contributed by atoms with Gasteiger partial charge in [-0.3, -0.25) is 0 Å². The molecule has 2 aromatic heterocycles. The van der Waals surface area contributed by atoms with Crippen LogP contribution in [0.2, 0.25) is 5.15 Å². The molecule has 0 aliphatic heterocycles. The van der Waals surface area contributed by atoms with Crippen molar-refractivity contribution in [3.05, 3.63) is 35.7 Å². The van der Waals surface area contributed by atoms with Crippen LogP contribution in [0.3, 0.4) is 0 Å². The van der Waals surface area contributed by atoms with Crippen molar-refractivity contribution in [3.8, 4) is 16.9 Å². The van der Waals surface area contributed by atoms with Gasteiger partial charge < -0.3 is 19.5 Å². The van der Waals surface area contributed by atoms with Crippen LogP contribution in [0.4, 0.5) is 27.8 Å². The molecule has 33 heavy (non-hydrogen) atoms. The Balaban J connectivity index is 2.05. The number of benzene rings is 1. The molecule has 1 atom stereocenters.